The highest BCUT2D eigenvalue weighted by Gasteiger charge is 2.36. The number of alkyl halides is 2. The molecule has 232 valence electrons. The van der Waals surface area contributed by atoms with Crippen molar-refractivity contribution in [3.63, 3.8) is 0 Å². The lowest BCUT2D eigenvalue weighted by atomic mass is 9.77. The average Bonchev–Trinajstić information content (AvgIpc) is 2.96. The fourth-order valence-electron chi connectivity index (χ4n) is 6.50. The van der Waals surface area contributed by atoms with Crippen LogP contribution in [0.1, 0.15) is 85.7 Å². The monoisotopic (exact) mass is 610 g/mol. The van der Waals surface area contributed by atoms with Crippen molar-refractivity contribution in [1.29, 1.82) is 0 Å². The van der Waals surface area contributed by atoms with E-state index >= 15 is 4.39 Å². The smallest absolute Gasteiger partial charge is 0.355 e. The van der Waals surface area contributed by atoms with Crippen LogP contribution in [-0.2, 0) is 14.3 Å². The highest BCUT2D eigenvalue weighted by Crippen LogP contribution is 2.41. The summed E-state index contributed by atoms with van der Waals surface area (Å²) in [7, 11) is 1.78. The Kier molecular flexibility index (Phi) is 11.3. The van der Waals surface area contributed by atoms with Crippen LogP contribution >= 0.6 is 11.6 Å². The molecule has 1 heterocycles. The van der Waals surface area contributed by atoms with Crippen LogP contribution in [0, 0.1) is 12.7 Å². The third-order valence-electron chi connectivity index (χ3n) is 8.72. The molecule has 4 rings (SSSR count). The Morgan fingerprint density at radius 1 is 1.17 bits per heavy atom. The molecule has 1 aliphatic carbocycles. The standard InChI is InChI=1S/C32H42ClF3N2O4/c1-4-32(35,36)42-24-11-8-22(9-12-24)29-21(2)6-5-7-25(29)30(31(39)40)37(3)15-14-28(38-16-18-41-19-17-38)26-20-23(33)10-13-27(26)34/h5-7,10,13,20,22,24,28,30H,4,8-9,11-12,14-19H2,1-3H3,(H,39,40)/t22?,24?,28-,30?/m0/s1. The van der Waals surface area contributed by atoms with Crippen molar-refractivity contribution >= 4 is 17.6 Å². The summed E-state index contributed by atoms with van der Waals surface area (Å²) in [6, 6.07) is 9.04. The molecule has 0 radical (unpaired) electrons. The Morgan fingerprint density at radius 3 is 2.50 bits per heavy atom. The molecule has 2 aromatic carbocycles. The molecule has 2 atom stereocenters. The number of rotatable bonds is 12. The summed E-state index contributed by atoms with van der Waals surface area (Å²) >= 11 is 6.25. The quantitative estimate of drug-likeness (QED) is 0.271. The molecule has 0 bridgehead atoms. The van der Waals surface area contributed by atoms with Gasteiger partial charge in [-0.05, 0) is 86.9 Å². The van der Waals surface area contributed by atoms with Gasteiger partial charge in [0.05, 0.1) is 19.3 Å². The topological polar surface area (TPSA) is 62.2 Å². The lowest BCUT2D eigenvalue weighted by Crippen LogP contribution is -2.41. The van der Waals surface area contributed by atoms with Crippen LogP contribution < -0.4 is 0 Å². The van der Waals surface area contributed by atoms with Crippen LogP contribution in [0.4, 0.5) is 13.2 Å². The zero-order valence-corrected chi connectivity index (χ0v) is 25.4. The number of carbonyl (C=O) groups is 1. The highest BCUT2D eigenvalue weighted by atomic mass is 35.5. The first-order chi connectivity index (χ1) is 20.0. The zero-order chi connectivity index (χ0) is 30.4. The summed E-state index contributed by atoms with van der Waals surface area (Å²) in [4.78, 5) is 16.8. The van der Waals surface area contributed by atoms with Gasteiger partial charge in [-0.2, -0.15) is 8.78 Å². The molecule has 1 saturated carbocycles. The predicted molar refractivity (Wildman–Crippen MR) is 157 cm³/mol. The lowest BCUT2D eigenvalue weighted by molar-refractivity contribution is -0.268. The fraction of sp³-hybridized carbons (Fsp3) is 0.594. The first-order valence-corrected chi connectivity index (χ1v) is 15.2. The van der Waals surface area contributed by atoms with Gasteiger partial charge >= 0.3 is 12.1 Å². The summed E-state index contributed by atoms with van der Waals surface area (Å²) in [5.41, 5.74) is 3.17. The molecule has 1 aliphatic heterocycles. The minimum atomic E-state index is -3.13. The molecular formula is C32H42ClF3N2O4. The Hall–Kier alpha value is -2.17. The summed E-state index contributed by atoms with van der Waals surface area (Å²) in [6.45, 7) is 6.14. The summed E-state index contributed by atoms with van der Waals surface area (Å²) in [5, 5.41) is 10.9. The number of aryl methyl sites for hydroxylation is 1. The van der Waals surface area contributed by atoms with Gasteiger partial charge < -0.3 is 14.6 Å². The van der Waals surface area contributed by atoms with E-state index in [9.17, 15) is 18.7 Å². The molecule has 1 unspecified atom stereocenters. The van der Waals surface area contributed by atoms with Crippen LogP contribution in [0.15, 0.2) is 36.4 Å². The van der Waals surface area contributed by atoms with Gasteiger partial charge in [-0.15, -0.1) is 0 Å². The number of hydrogen-bond acceptors (Lipinski definition) is 5. The van der Waals surface area contributed by atoms with E-state index in [-0.39, 0.29) is 24.2 Å². The van der Waals surface area contributed by atoms with Gasteiger partial charge in [-0.25, -0.2) is 4.39 Å². The van der Waals surface area contributed by atoms with E-state index in [1.165, 1.54) is 19.1 Å². The molecule has 2 fully saturated rings. The number of carboxylic acid groups (broad SMARTS) is 1. The molecular weight excluding hydrogens is 569 g/mol. The van der Waals surface area contributed by atoms with E-state index in [1.54, 1.807) is 13.1 Å². The van der Waals surface area contributed by atoms with Crippen LogP contribution in [0.3, 0.4) is 0 Å². The Balaban J connectivity index is 1.54. The number of ether oxygens (including phenoxy) is 2. The Morgan fingerprint density at radius 2 is 1.86 bits per heavy atom. The van der Waals surface area contributed by atoms with Gasteiger partial charge in [0.2, 0.25) is 0 Å². The van der Waals surface area contributed by atoms with Crippen LogP contribution in [-0.4, -0.2) is 73.0 Å². The summed E-state index contributed by atoms with van der Waals surface area (Å²) < 4.78 is 53.3. The van der Waals surface area contributed by atoms with Crippen molar-refractivity contribution in [2.75, 3.05) is 39.9 Å². The normalized spacial score (nSPS) is 21.8. The van der Waals surface area contributed by atoms with Crippen molar-refractivity contribution in [3.05, 3.63) is 69.5 Å². The van der Waals surface area contributed by atoms with Crippen LogP contribution in [0.5, 0.6) is 0 Å². The van der Waals surface area contributed by atoms with E-state index in [0.29, 0.717) is 81.1 Å². The van der Waals surface area contributed by atoms with Gasteiger partial charge in [0, 0.05) is 42.7 Å². The first kappa shape index (κ1) is 32.7. The minimum Gasteiger partial charge on any atom is -0.480 e. The molecule has 10 heteroatoms. The van der Waals surface area contributed by atoms with Gasteiger partial charge in [-0.3, -0.25) is 14.6 Å². The number of aliphatic carboxylic acids is 1. The van der Waals surface area contributed by atoms with Gasteiger partial charge in [0.15, 0.2) is 0 Å². The zero-order valence-electron chi connectivity index (χ0n) is 24.6. The number of hydrogen-bond donors (Lipinski definition) is 1. The van der Waals surface area contributed by atoms with Crippen molar-refractivity contribution in [2.24, 2.45) is 0 Å². The summed E-state index contributed by atoms with van der Waals surface area (Å²) in [6.07, 6.45) is -1.23. The molecule has 2 aromatic rings. The molecule has 2 aliphatic rings. The molecule has 0 amide bonds. The highest BCUT2D eigenvalue weighted by molar-refractivity contribution is 6.30. The predicted octanol–water partition coefficient (Wildman–Crippen LogP) is 7.35. The average molecular weight is 611 g/mol. The molecule has 1 N–H and O–H groups in total. The maximum atomic E-state index is 15.0. The third kappa shape index (κ3) is 8.05. The van der Waals surface area contributed by atoms with E-state index in [1.807, 2.05) is 30.0 Å². The van der Waals surface area contributed by atoms with Crippen molar-refractivity contribution in [2.45, 2.75) is 82.6 Å². The SMILES string of the molecule is CCC(F)(F)OC1CCC(c2c(C)cccc2C(C(=O)O)N(C)CC[C@@H](c2cc(Cl)ccc2F)N2CCOCC2)CC1. The summed E-state index contributed by atoms with van der Waals surface area (Å²) in [5.74, 6) is -1.26. The molecule has 1 saturated heterocycles. The number of halogens is 4. The second-order valence-corrected chi connectivity index (χ2v) is 11.9. The molecule has 42 heavy (non-hydrogen) atoms. The minimum absolute atomic E-state index is 0.0493. The maximum Gasteiger partial charge on any atom is 0.355 e. The second kappa shape index (κ2) is 14.5. The van der Waals surface area contributed by atoms with Gasteiger partial charge in [0.25, 0.3) is 0 Å². The second-order valence-electron chi connectivity index (χ2n) is 11.5. The van der Waals surface area contributed by atoms with E-state index in [0.717, 1.165) is 11.1 Å². The van der Waals surface area contributed by atoms with Crippen LogP contribution in [0.2, 0.25) is 5.02 Å². The number of likely N-dealkylation sites (N-methyl/N-ethyl adjacent to an activating group) is 1. The maximum absolute atomic E-state index is 15.0. The van der Waals surface area contributed by atoms with Gasteiger partial charge in [-0.1, -0.05) is 36.7 Å². The number of benzene rings is 2. The van der Waals surface area contributed by atoms with Crippen LogP contribution in [0.25, 0.3) is 0 Å². The van der Waals surface area contributed by atoms with Gasteiger partial charge in [0.1, 0.15) is 11.9 Å². The largest absolute Gasteiger partial charge is 0.480 e. The van der Waals surface area contributed by atoms with Crippen molar-refractivity contribution < 1.29 is 32.5 Å². The molecule has 0 aromatic heterocycles. The molecule has 6 nitrogen and oxygen atoms in total. The van der Waals surface area contributed by atoms with E-state index in [2.05, 4.69) is 4.90 Å². The molecule has 0 spiro atoms. The van der Waals surface area contributed by atoms with E-state index in [4.69, 9.17) is 21.1 Å². The number of carboxylic acids is 1. The fourth-order valence-corrected chi connectivity index (χ4v) is 6.68. The third-order valence-corrected chi connectivity index (χ3v) is 8.95. The lowest BCUT2D eigenvalue weighted by Gasteiger charge is -2.37. The number of nitrogens with zero attached hydrogens (tertiary/aromatic N) is 2. The number of morpholine rings is 1. The first-order valence-electron chi connectivity index (χ1n) is 14.9. The van der Waals surface area contributed by atoms with E-state index < -0.39 is 24.2 Å². The van der Waals surface area contributed by atoms with Crippen molar-refractivity contribution in [3.8, 4) is 0 Å². The Bertz CT molecular complexity index is 1200. The Labute approximate surface area is 251 Å². The van der Waals surface area contributed by atoms with Crippen molar-refractivity contribution in [1.82, 2.24) is 9.80 Å².